The molecule has 0 aromatic carbocycles. The van der Waals surface area contributed by atoms with E-state index in [0.717, 1.165) is 38.5 Å². The first kappa shape index (κ1) is 12.4. The van der Waals surface area contributed by atoms with Gasteiger partial charge in [-0.1, -0.05) is 39.5 Å². The molecule has 0 fully saturated rings. The average molecular weight is 183 g/mol. The van der Waals surface area contributed by atoms with E-state index < -0.39 is 5.41 Å². The highest BCUT2D eigenvalue weighted by atomic mass is 16.3. The third kappa shape index (κ3) is 4.28. The number of unbranched alkanes of at least 4 members (excludes halogenated alkanes) is 2. The van der Waals surface area contributed by atoms with E-state index >= 15 is 0 Å². The first-order valence-electron chi connectivity index (χ1n) is 5.26. The Morgan fingerprint density at radius 3 is 1.85 bits per heavy atom. The molecule has 2 nitrogen and oxygen atoms in total. The van der Waals surface area contributed by atoms with Gasteiger partial charge in [0.05, 0.1) is 18.1 Å². The van der Waals surface area contributed by atoms with Gasteiger partial charge in [-0.05, 0) is 12.8 Å². The Balaban J connectivity index is 4.07. The molecule has 2 heteroatoms. The van der Waals surface area contributed by atoms with Crippen molar-refractivity contribution in [2.45, 2.75) is 52.4 Å². The second-order valence-corrected chi connectivity index (χ2v) is 3.76. The van der Waals surface area contributed by atoms with Crippen molar-refractivity contribution in [3.63, 3.8) is 0 Å². The lowest BCUT2D eigenvalue weighted by Crippen LogP contribution is -2.23. The smallest absolute Gasteiger partial charge is 0.0804 e. The molecule has 0 spiro atoms. The maximum Gasteiger partial charge on any atom is 0.0804 e. The maximum atomic E-state index is 9.21. The van der Waals surface area contributed by atoms with Gasteiger partial charge in [0, 0.05) is 0 Å². The van der Waals surface area contributed by atoms with Gasteiger partial charge in [-0.15, -0.1) is 0 Å². The van der Waals surface area contributed by atoms with Crippen LogP contribution in [0.2, 0.25) is 0 Å². The summed E-state index contributed by atoms with van der Waals surface area (Å²) in [4.78, 5) is 0. The van der Waals surface area contributed by atoms with Gasteiger partial charge in [0.1, 0.15) is 0 Å². The van der Waals surface area contributed by atoms with E-state index in [4.69, 9.17) is 5.26 Å². The van der Waals surface area contributed by atoms with Gasteiger partial charge in [0.2, 0.25) is 0 Å². The summed E-state index contributed by atoms with van der Waals surface area (Å²) in [6.45, 7) is 4.24. The third-order valence-electron chi connectivity index (χ3n) is 2.56. The number of aliphatic hydroxyl groups is 1. The minimum Gasteiger partial charge on any atom is -0.395 e. The summed E-state index contributed by atoms with van der Waals surface area (Å²) in [6.07, 6.45) is 5.95. The highest BCUT2D eigenvalue weighted by molar-refractivity contribution is 4.98. The van der Waals surface area contributed by atoms with Crippen molar-refractivity contribution in [1.82, 2.24) is 0 Å². The second-order valence-electron chi connectivity index (χ2n) is 3.76. The van der Waals surface area contributed by atoms with Crippen LogP contribution in [0.5, 0.6) is 0 Å². The summed E-state index contributed by atoms with van der Waals surface area (Å²) in [5.74, 6) is 0. The van der Waals surface area contributed by atoms with Gasteiger partial charge in [-0.25, -0.2) is 0 Å². The van der Waals surface area contributed by atoms with E-state index in [1.807, 2.05) is 0 Å². The minimum absolute atomic E-state index is 0.0174. The Labute approximate surface area is 81.6 Å². The van der Waals surface area contributed by atoms with Crippen molar-refractivity contribution < 1.29 is 5.11 Å². The second kappa shape index (κ2) is 6.91. The van der Waals surface area contributed by atoms with E-state index in [-0.39, 0.29) is 6.61 Å². The Bertz CT molecular complexity index is 152. The van der Waals surface area contributed by atoms with Crippen LogP contribution in [0, 0.1) is 16.7 Å². The van der Waals surface area contributed by atoms with Crippen molar-refractivity contribution in [2.24, 2.45) is 5.41 Å². The minimum atomic E-state index is -0.452. The van der Waals surface area contributed by atoms with Crippen LogP contribution in [0.3, 0.4) is 0 Å². The fourth-order valence-electron chi connectivity index (χ4n) is 1.46. The molecule has 0 saturated carbocycles. The fourth-order valence-corrected chi connectivity index (χ4v) is 1.46. The lowest BCUT2D eigenvalue weighted by Gasteiger charge is -2.23. The van der Waals surface area contributed by atoms with Crippen molar-refractivity contribution in [1.29, 1.82) is 5.26 Å². The number of nitriles is 1. The highest BCUT2D eigenvalue weighted by Crippen LogP contribution is 2.29. The molecule has 0 radical (unpaired) electrons. The maximum absolute atomic E-state index is 9.21. The first-order chi connectivity index (χ1) is 6.24. The summed E-state index contributed by atoms with van der Waals surface area (Å²) in [7, 11) is 0. The topological polar surface area (TPSA) is 44.0 Å². The zero-order chi connectivity index (χ0) is 10.2. The SMILES string of the molecule is CCCCC(C#N)(CO)CCCC. The highest BCUT2D eigenvalue weighted by Gasteiger charge is 2.27. The summed E-state index contributed by atoms with van der Waals surface area (Å²) >= 11 is 0. The van der Waals surface area contributed by atoms with Crippen molar-refractivity contribution in [3.05, 3.63) is 0 Å². The van der Waals surface area contributed by atoms with Crippen LogP contribution in [-0.4, -0.2) is 11.7 Å². The van der Waals surface area contributed by atoms with Crippen LogP contribution in [0.25, 0.3) is 0 Å². The fraction of sp³-hybridized carbons (Fsp3) is 0.909. The molecule has 0 aromatic rings. The van der Waals surface area contributed by atoms with Crippen LogP contribution in [-0.2, 0) is 0 Å². The van der Waals surface area contributed by atoms with Gasteiger partial charge >= 0.3 is 0 Å². The lowest BCUT2D eigenvalue weighted by atomic mass is 9.80. The normalized spacial score (nSPS) is 11.2. The van der Waals surface area contributed by atoms with E-state index in [1.165, 1.54) is 0 Å². The quantitative estimate of drug-likeness (QED) is 0.659. The van der Waals surface area contributed by atoms with E-state index in [2.05, 4.69) is 19.9 Å². The zero-order valence-corrected chi connectivity index (χ0v) is 8.84. The zero-order valence-electron chi connectivity index (χ0n) is 8.84. The van der Waals surface area contributed by atoms with E-state index in [0.29, 0.717) is 0 Å². The molecule has 0 aliphatic heterocycles. The van der Waals surface area contributed by atoms with E-state index in [9.17, 15) is 5.11 Å². The van der Waals surface area contributed by atoms with Crippen molar-refractivity contribution in [2.75, 3.05) is 6.61 Å². The molecule has 0 bridgehead atoms. The summed E-state index contributed by atoms with van der Waals surface area (Å²) in [6, 6.07) is 2.28. The first-order valence-corrected chi connectivity index (χ1v) is 5.26. The van der Waals surface area contributed by atoms with Crippen molar-refractivity contribution >= 4 is 0 Å². The number of hydrogen-bond acceptors (Lipinski definition) is 2. The molecule has 0 aliphatic carbocycles. The molecule has 0 unspecified atom stereocenters. The number of rotatable bonds is 7. The Hall–Kier alpha value is -0.550. The van der Waals surface area contributed by atoms with Crippen LogP contribution in [0.1, 0.15) is 52.4 Å². The summed E-state index contributed by atoms with van der Waals surface area (Å²) in [5.41, 5.74) is -0.452. The molecular formula is C11H21NO. The van der Waals surface area contributed by atoms with Crippen LogP contribution in [0.15, 0.2) is 0 Å². The third-order valence-corrected chi connectivity index (χ3v) is 2.56. The molecule has 1 N–H and O–H groups in total. The van der Waals surface area contributed by atoms with Gasteiger partial charge < -0.3 is 5.11 Å². The molecule has 0 aromatic heterocycles. The van der Waals surface area contributed by atoms with Crippen LogP contribution >= 0.6 is 0 Å². The van der Waals surface area contributed by atoms with Crippen molar-refractivity contribution in [3.8, 4) is 6.07 Å². The molecular weight excluding hydrogens is 162 g/mol. The largest absolute Gasteiger partial charge is 0.395 e. The predicted octanol–water partition coefficient (Wildman–Crippen LogP) is 2.87. The summed E-state index contributed by atoms with van der Waals surface area (Å²) < 4.78 is 0. The molecule has 0 aliphatic rings. The predicted molar refractivity (Wildman–Crippen MR) is 54.2 cm³/mol. The van der Waals surface area contributed by atoms with Gasteiger partial charge in [0.25, 0.3) is 0 Å². The van der Waals surface area contributed by atoms with E-state index in [1.54, 1.807) is 0 Å². The molecule has 0 atom stereocenters. The van der Waals surface area contributed by atoms with Gasteiger partial charge in [0.15, 0.2) is 0 Å². The number of hydrogen-bond donors (Lipinski definition) is 1. The molecule has 13 heavy (non-hydrogen) atoms. The number of nitrogens with zero attached hydrogens (tertiary/aromatic N) is 1. The molecule has 0 heterocycles. The average Bonchev–Trinajstić information content (AvgIpc) is 2.20. The molecule has 76 valence electrons. The Morgan fingerprint density at radius 1 is 1.15 bits per heavy atom. The summed E-state index contributed by atoms with van der Waals surface area (Å²) in [5, 5.41) is 18.2. The van der Waals surface area contributed by atoms with Gasteiger partial charge in [-0.3, -0.25) is 0 Å². The monoisotopic (exact) mass is 183 g/mol. The molecule has 0 saturated heterocycles. The Kier molecular flexibility index (Phi) is 6.62. The number of aliphatic hydroxyl groups excluding tert-OH is 1. The van der Waals surface area contributed by atoms with Crippen LogP contribution in [0.4, 0.5) is 0 Å². The Morgan fingerprint density at radius 2 is 1.62 bits per heavy atom. The van der Waals surface area contributed by atoms with Crippen LogP contribution < -0.4 is 0 Å². The standard InChI is InChI=1S/C11H21NO/c1-3-5-7-11(9-12,10-13)8-6-4-2/h13H,3-8,10H2,1-2H3. The molecule has 0 rings (SSSR count). The molecule has 0 amide bonds. The van der Waals surface area contributed by atoms with Gasteiger partial charge in [-0.2, -0.15) is 5.26 Å². The lowest BCUT2D eigenvalue weighted by molar-refractivity contribution is 0.151.